The fourth-order valence-corrected chi connectivity index (χ4v) is 2.30. The van der Waals surface area contributed by atoms with Gasteiger partial charge in [0, 0.05) is 24.2 Å². The molecular formula is C12H19N3O. The van der Waals surface area contributed by atoms with Crippen LogP contribution in [0.5, 0.6) is 0 Å². The van der Waals surface area contributed by atoms with Crippen molar-refractivity contribution in [3.8, 4) is 0 Å². The molecule has 0 aromatic carbocycles. The maximum atomic E-state index is 11.7. The van der Waals surface area contributed by atoms with Crippen molar-refractivity contribution < 1.29 is 4.79 Å². The number of amides is 1. The third kappa shape index (κ3) is 2.84. The zero-order valence-corrected chi connectivity index (χ0v) is 9.75. The Bertz CT molecular complexity index is 353. The first-order valence-electron chi connectivity index (χ1n) is 6.01. The summed E-state index contributed by atoms with van der Waals surface area (Å²) in [5, 5.41) is 9.74. The Labute approximate surface area is 95.8 Å². The summed E-state index contributed by atoms with van der Waals surface area (Å²) in [6, 6.07) is 0. The van der Waals surface area contributed by atoms with Gasteiger partial charge in [-0.2, -0.15) is 5.10 Å². The average molecular weight is 221 g/mol. The van der Waals surface area contributed by atoms with Crippen molar-refractivity contribution in [2.45, 2.75) is 45.6 Å². The number of nitrogens with one attached hydrogen (secondary N) is 2. The molecule has 0 radical (unpaired) electrons. The summed E-state index contributed by atoms with van der Waals surface area (Å²) in [6.45, 7) is 2.55. The van der Waals surface area contributed by atoms with Crippen LogP contribution in [0.2, 0.25) is 0 Å². The number of aryl methyl sites for hydroxylation is 1. The van der Waals surface area contributed by atoms with Crippen LogP contribution in [0.25, 0.3) is 0 Å². The number of carbonyl (C=O) groups excluding carboxylic acids is 1. The lowest BCUT2D eigenvalue weighted by molar-refractivity contribution is -0.122. The highest BCUT2D eigenvalue weighted by Gasteiger charge is 2.18. The molecule has 1 aliphatic carbocycles. The minimum absolute atomic E-state index is 0.174. The highest BCUT2D eigenvalue weighted by atomic mass is 16.1. The van der Waals surface area contributed by atoms with E-state index in [2.05, 4.69) is 15.5 Å². The molecule has 0 spiro atoms. The van der Waals surface area contributed by atoms with Crippen molar-refractivity contribution in [3.05, 3.63) is 17.5 Å². The van der Waals surface area contributed by atoms with E-state index in [0.29, 0.717) is 18.9 Å². The Morgan fingerprint density at radius 1 is 1.56 bits per heavy atom. The lowest BCUT2D eigenvalue weighted by atomic mass is 10.0. The van der Waals surface area contributed by atoms with E-state index < -0.39 is 0 Å². The third-order valence-corrected chi connectivity index (χ3v) is 3.36. The zero-order valence-electron chi connectivity index (χ0n) is 9.75. The minimum Gasteiger partial charge on any atom is -0.352 e. The molecule has 1 saturated carbocycles. The number of H-pyrrole nitrogens is 1. The predicted octanol–water partition coefficient (Wildman–Crippen LogP) is 1.91. The van der Waals surface area contributed by atoms with Gasteiger partial charge in [-0.05, 0) is 25.7 Å². The minimum atomic E-state index is 0.174. The molecule has 1 aromatic heterocycles. The maximum Gasteiger partial charge on any atom is 0.220 e. The largest absolute Gasteiger partial charge is 0.352 e. The van der Waals surface area contributed by atoms with Gasteiger partial charge in [0.25, 0.3) is 0 Å². The summed E-state index contributed by atoms with van der Waals surface area (Å²) >= 11 is 0. The van der Waals surface area contributed by atoms with Crippen molar-refractivity contribution in [2.24, 2.45) is 5.92 Å². The van der Waals surface area contributed by atoms with E-state index in [1.165, 1.54) is 25.7 Å². The molecule has 4 heteroatoms. The molecular weight excluding hydrogens is 202 g/mol. The van der Waals surface area contributed by atoms with Gasteiger partial charge in [-0.15, -0.1) is 0 Å². The smallest absolute Gasteiger partial charge is 0.220 e. The lowest BCUT2D eigenvalue weighted by Gasteiger charge is -2.09. The summed E-state index contributed by atoms with van der Waals surface area (Å²) in [7, 11) is 0. The Morgan fingerprint density at radius 2 is 2.31 bits per heavy atom. The second-order valence-corrected chi connectivity index (χ2v) is 4.65. The van der Waals surface area contributed by atoms with Gasteiger partial charge in [-0.25, -0.2) is 0 Å². The van der Waals surface area contributed by atoms with Gasteiger partial charge in [0.2, 0.25) is 5.91 Å². The second kappa shape index (κ2) is 5.14. The van der Waals surface area contributed by atoms with Crippen molar-refractivity contribution in [3.63, 3.8) is 0 Å². The molecule has 1 fully saturated rings. The molecule has 0 atom stereocenters. The normalized spacial score (nSPS) is 16.6. The van der Waals surface area contributed by atoms with Crippen LogP contribution in [-0.2, 0) is 11.3 Å². The number of carbonyl (C=O) groups is 1. The summed E-state index contributed by atoms with van der Waals surface area (Å²) in [5.41, 5.74) is 2.10. The van der Waals surface area contributed by atoms with E-state index in [-0.39, 0.29) is 5.91 Å². The monoisotopic (exact) mass is 221 g/mol. The molecule has 0 bridgehead atoms. The number of hydrogen-bond donors (Lipinski definition) is 2. The van der Waals surface area contributed by atoms with E-state index in [1.54, 1.807) is 6.20 Å². The van der Waals surface area contributed by atoms with Crippen molar-refractivity contribution in [1.29, 1.82) is 0 Å². The highest BCUT2D eigenvalue weighted by Crippen LogP contribution is 2.27. The quantitative estimate of drug-likeness (QED) is 0.816. The van der Waals surface area contributed by atoms with Crippen LogP contribution in [0.4, 0.5) is 0 Å². The van der Waals surface area contributed by atoms with Crippen LogP contribution >= 0.6 is 0 Å². The van der Waals surface area contributed by atoms with Gasteiger partial charge >= 0.3 is 0 Å². The Morgan fingerprint density at radius 3 is 2.94 bits per heavy atom. The molecule has 88 valence electrons. The Balaban J connectivity index is 1.73. The molecule has 0 unspecified atom stereocenters. The molecule has 1 amide bonds. The Hall–Kier alpha value is -1.32. The third-order valence-electron chi connectivity index (χ3n) is 3.36. The van der Waals surface area contributed by atoms with Crippen LogP contribution in [-0.4, -0.2) is 16.1 Å². The van der Waals surface area contributed by atoms with E-state index >= 15 is 0 Å². The number of rotatable bonds is 4. The fraction of sp³-hybridized carbons (Fsp3) is 0.667. The molecule has 2 N–H and O–H groups in total. The average Bonchev–Trinajstić information content (AvgIpc) is 2.87. The number of aromatic nitrogens is 2. The topological polar surface area (TPSA) is 57.8 Å². The van der Waals surface area contributed by atoms with Crippen LogP contribution in [0.1, 0.15) is 43.4 Å². The van der Waals surface area contributed by atoms with Crippen molar-refractivity contribution in [2.75, 3.05) is 0 Å². The maximum absolute atomic E-state index is 11.7. The first-order valence-corrected chi connectivity index (χ1v) is 6.01. The Kier molecular flexibility index (Phi) is 3.59. The predicted molar refractivity (Wildman–Crippen MR) is 61.7 cm³/mol. The van der Waals surface area contributed by atoms with Crippen molar-refractivity contribution >= 4 is 5.91 Å². The summed E-state index contributed by atoms with van der Waals surface area (Å²) < 4.78 is 0. The van der Waals surface area contributed by atoms with Crippen LogP contribution in [0.3, 0.4) is 0 Å². The lowest BCUT2D eigenvalue weighted by Crippen LogP contribution is -2.24. The van der Waals surface area contributed by atoms with Gasteiger partial charge in [0.05, 0.1) is 6.20 Å². The molecule has 2 rings (SSSR count). The number of nitrogens with zero attached hydrogens (tertiary/aromatic N) is 1. The zero-order chi connectivity index (χ0) is 11.4. The first kappa shape index (κ1) is 11.2. The SMILES string of the molecule is Cc1[nH]ncc1CNC(=O)CC1CCCC1. The van der Waals surface area contributed by atoms with Crippen molar-refractivity contribution in [1.82, 2.24) is 15.5 Å². The van der Waals surface area contributed by atoms with E-state index in [9.17, 15) is 4.79 Å². The van der Waals surface area contributed by atoms with Crippen LogP contribution in [0, 0.1) is 12.8 Å². The van der Waals surface area contributed by atoms with Gasteiger partial charge in [-0.1, -0.05) is 12.8 Å². The first-order chi connectivity index (χ1) is 7.75. The molecule has 0 saturated heterocycles. The molecule has 1 heterocycles. The van der Waals surface area contributed by atoms with Gasteiger partial charge in [0.1, 0.15) is 0 Å². The van der Waals surface area contributed by atoms with E-state index in [4.69, 9.17) is 0 Å². The molecule has 1 aromatic rings. The number of hydrogen-bond acceptors (Lipinski definition) is 2. The highest BCUT2D eigenvalue weighted by molar-refractivity contribution is 5.76. The molecule has 0 aliphatic heterocycles. The fourth-order valence-electron chi connectivity index (χ4n) is 2.30. The standard InChI is InChI=1S/C12H19N3O/c1-9-11(8-14-15-9)7-13-12(16)6-10-4-2-3-5-10/h8,10H,2-7H2,1H3,(H,13,16)(H,14,15). The second-order valence-electron chi connectivity index (χ2n) is 4.65. The van der Waals surface area contributed by atoms with Crippen LogP contribution < -0.4 is 5.32 Å². The van der Waals surface area contributed by atoms with Crippen LogP contribution in [0.15, 0.2) is 6.20 Å². The molecule has 16 heavy (non-hydrogen) atoms. The summed E-state index contributed by atoms with van der Waals surface area (Å²) in [4.78, 5) is 11.7. The molecule has 1 aliphatic rings. The number of aromatic amines is 1. The summed E-state index contributed by atoms with van der Waals surface area (Å²) in [5.74, 6) is 0.790. The van der Waals surface area contributed by atoms with Gasteiger partial charge in [-0.3, -0.25) is 9.89 Å². The van der Waals surface area contributed by atoms with E-state index in [1.807, 2.05) is 6.92 Å². The summed E-state index contributed by atoms with van der Waals surface area (Å²) in [6.07, 6.45) is 7.48. The molecule has 4 nitrogen and oxygen atoms in total. The van der Waals surface area contributed by atoms with Gasteiger partial charge < -0.3 is 5.32 Å². The van der Waals surface area contributed by atoms with Gasteiger partial charge in [0.15, 0.2) is 0 Å². The van der Waals surface area contributed by atoms with E-state index in [0.717, 1.165) is 11.3 Å².